The standard InChI is InChI=1S/C30H33F3N4O4S/c1-16-10-17(12-18(11-16)35-29(39)41-30(2,3)4)20-8-9-34-15-25(20)37-28(38)24-7-6-21(31)27(36-24)26-22(32)13-19(42(5)40)14-23(26)33/h6-9,13-18H,10-12H2,1-5H3,(H,35,39)(H,37,38)/t16-,17?,18?,42-/m0/s1. The average Bonchev–Trinajstić information content (AvgIpc) is 2.88. The van der Waals surface area contributed by atoms with Crippen molar-refractivity contribution in [3.63, 3.8) is 0 Å². The monoisotopic (exact) mass is 602 g/mol. The fourth-order valence-corrected chi connectivity index (χ4v) is 5.73. The molecule has 224 valence electrons. The van der Waals surface area contributed by atoms with Crippen LogP contribution >= 0.6 is 0 Å². The van der Waals surface area contributed by atoms with Crippen LogP contribution in [0.3, 0.4) is 0 Å². The molecule has 0 bridgehead atoms. The Morgan fingerprint density at radius 3 is 2.36 bits per heavy atom. The minimum Gasteiger partial charge on any atom is -0.444 e. The van der Waals surface area contributed by atoms with Crippen molar-refractivity contribution in [3.8, 4) is 11.3 Å². The van der Waals surface area contributed by atoms with Crippen molar-refractivity contribution in [2.45, 2.75) is 69.4 Å². The predicted octanol–water partition coefficient (Wildman–Crippen LogP) is 6.35. The van der Waals surface area contributed by atoms with E-state index >= 15 is 0 Å². The molecule has 42 heavy (non-hydrogen) atoms. The lowest BCUT2D eigenvalue weighted by Gasteiger charge is -2.35. The molecular formula is C30H33F3N4O4S. The highest BCUT2D eigenvalue weighted by Crippen LogP contribution is 2.39. The molecule has 2 unspecified atom stereocenters. The maximum Gasteiger partial charge on any atom is 0.407 e. The second-order valence-corrected chi connectivity index (χ2v) is 12.9. The molecule has 0 saturated heterocycles. The third kappa shape index (κ3) is 7.53. The maximum absolute atomic E-state index is 14.8. The first-order valence-corrected chi connectivity index (χ1v) is 15.0. The molecule has 0 aliphatic heterocycles. The topological polar surface area (TPSA) is 110 Å². The Bertz CT molecular complexity index is 1510. The van der Waals surface area contributed by atoms with Gasteiger partial charge in [0.15, 0.2) is 0 Å². The van der Waals surface area contributed by atoms with Gasteiger partial charge in [-0.05, 0) is 87.8 Å². The van der Waals surface area contributed by atoms with E-state index in [4.69, 9.17) is 4.74 Å². The Kier molecular flexibility index (Phi) is 9.34. The lowest BCUT2D eigenvalue weighted by molar-refractivity contribution is 0.0482. The van der Waals surface area contributed by atoms with Crippen LogP contribution in [-0.2, 0) is 15.5 Å². The van der Waals surface area contributed by atoms with Gasteiger partial charge in [-0.25, -0.2) is 22.9 Å². The molecule has 2 N–H and O–H groups in total. The molecule has 2 heterocycles. The number of amides is 2. The van der Waals surface area contributed by atoms with Crippen LogP contribution in [0.1, 0.15) is 68.9 Å². The summed E-state index contributed by atoms with van der Waals surface area (Å²) >= 11 is 0. The number of hydrogen-bond acceptors (Lipinski definition) is 6. The zero-order chi connectivity index (χ0) is 30.8. The fraction of sp³-hybridized carbons (Fsp3) is 0.400. The Hall–Kier alpha value is -3.80. The summed E-state index contributed by atoms with van der Waals surface area (Å²) in [5, 5.41) is 5.70. The van der Waals surface area contributed by atoms with E-state index < -0.39 is 57.1 Å². The van der Waals surface area contributed by atoms with Crippen LogP contribution < -0.4 is 10.6 Å². The van der Waals surface area contributed by atoms with Crippen molar-refractivity contribution in [2.24, 2.45) is 5.92 Å². The summed E-state index contributed by atoms with van der Waals surface area (Å²) in [6.07, 6.45) is 6.03. The molecule has 1 aliphatic rings. The van der Waals surface area contributed by atoms with E-state index in [2.05, 4.69) is 27.5 Å². The minimum absolute atomic E-state index is 0.0328. The van der Waals surface area contributed by atoms with Gasteiger partial charge in [-0.3, -0.25) is 14.0 Å². The normalized spacial score (nSPS) is 19.6. The van der Waals surface area contributed by atoms with Gasteiger partial charge in [-0.2, -0.15) is 0 Å². The molecule has 1 fully saturated rings. The predicted molar refractivity (Wildman–Crippen MR) is 153 cm³/mol. The van der Waals surface area contributed by atoms with Gasteiger partial charge in [0.05, 0.1) is 17.4 Å². The van der Waals surface area contributed by atoms with Crippen LogP contribution in [0.4, 0.5) is 23.7 Å². The second kappa shape index (κ2) is 12.6. The summed E-state index contributed by atoms with van der Waals surface area (Å²) in [4.78, 5) is 33.6. The Labute approximate surface area is 244 Å². The van der Waals surface area contributed by atoms with E-state index in [0.717, 1.165) is 42.7 Å². The number of hydrogen-bond donors (Lipinski definition) is 2. The van der Waals surface area contributed by atoms with Crippen molar-refractivity contribution in [2.75, 3.05) is 11.6 Å². The van der Waals surface area contributed by atoms with Crippen LogP contribution in [0, 0.1) is 23.4 Å². The van der Waals surface area contributed by atoms with Gasteiger partial charge in [0.1, 0.15) is 34.4 Å². The van der Waals surface area contributed by atoms with Crippen LogP contribution in [0.15, 0.2) is 47.6 Å². The van der Waals surface area contributed by atoms with E-state index in [1.807, 2.05) is 0 Å². The third-order valence-electron chi connectivity index (χ3n) is 6.87. The highest BCUT2D eigenvalue weighted by atomic mass is 32.2. The van der Waals surface area contributed by atoms with E-state index in [1.165, 1.54) is 12.5 Å². The SMILES string of the molecule is C[C@@H]1CC(NC(=O)OC(C)(C)C)CC(c2ccncc2NC(=O)c2ccc(F)c(-c3c(F)cc([S@](C)=O)cc3F)n2)C1. The molecular weight excluding hydrogens is 569 g/mol. The lowest BCUT2D eigenvalue weighted by atomic mass is 9.76. The second-order valence-electron chi connectivity index (χ2n) is 11.5. The summed E-state index contributed by atoms with van der Waals surface area (Å²) < 4.78 is 61.3. The number of nitrogens with one attached hydrogen (secondary N) is 2. The molecule has 1 saturated carbocycles. The number of carbonyl (C=O) groups excluding carboxylic acids is 2. The summed E-state index contributed by atoms with van der Waals surface area (Å²) in [7, 11) is -1.66. The molecule has 0 radical (unpaired) electrons. The number of halogens is 3. The lowest BCUT2D eigenvalue weighted by Crippen LogP contribution is -2.42. The number of rotatable bonds is 6. The van der Waals surface area contributed by atoms with Crippen molar-refractivity contribution in [1.82, 2.24) is 15.3 Å². The maximum atomic E-state index is 14.8. The van der Waals surface area contributed by atoms with Gasteiger partial charge >= 0.3 is 6.09 Å². The molecule has 1 aromatic carbocycles. The minimum atomic E-state index is -1.66. The smallest absolute Gasteiger partial charge is 0.407 e. The highest BCUT2D eigenvalue weighted by Gasteiger charge is 2.31. The molecule has 3 aromatic rings. The number of alkyl carbamates (subject to hydrolysis) is 1. The van der Waals surface area contributed by atoms with Crippen molar-refractivity contribution in [3.05, 3.63) is 71.4 Å². The third-order valence-corrected chi connectivity index (χ3v) is 7.77. The number of aromatic nitrogens is 2. The molecule has 0 spiro atoms. The number of anilines is 1. The largest absolute Gasteiger partial charge is 0.444 e. The van der Waals surface area contributed by atoms with Gasteiger partial charge in [0, 0.05) is 34.2 Å². The van der Waals surface area contributed by atoms with Gasteiger partial charge in [-0.15, -0.1) is 0 Å². The first-order valence-electron chi connectivity index (χ1n) is 13.5. The first-order chi connectivity index (χ1) is 19.7. The van der Waals surface area contributed by atoms with Crippen molar-refractivity contribution in [1.29, 1.82) is 0 Å². The number of carbonyl (C=O) groups is 2. The van der Waals surface area contributed by atoms with E-state index in [0.29, 0.717) is 12.1 Å². The van der Waals surface area contributed by atoms with Crippen LogP contribution in [0.5, 0.6) is 0 Å². The van der Waals surface area contributed by atoms with E-state index in [-0.39, 0.29) is 28.5 Å². The van der Waals surface area contributed by atoms with Crippen molar-refractivity contribution < 1.29 is 31.7 Å². The summed E-state index contributed by atoms with van der Waals surface area (Å²) in [6, 6.07) is 5.35. The number of benzene rings is 1. The summed E-state index contributed by atoms with van der Waals surface area (Å²) in [5.74, 6) is -3.83. The van der Waals surface area contributed by atoms with Crippen molar-refractivity contribution >= 4 is 28.5 Å². The molecule has 2 amide bonds. The Balaban J connectivity index is 1.57. The van der Waals surface area contributed by atoms with E-state index in [9.17, 15) is 27.0 Å². The van der Waals surface area contributed by atoms with Gasteiger partial charge in [0.2, 0.25) is 0 Å². The molecule has 12 heteroatoms. The summed E-state index contributed by atoms with van der Waals surface area (Å²) in [6.45, 7) is 7.47. The Morgan fingerprint density at radius 2 is 1.71 bits per heavy atom. The van der Waals surface area contributed by atoms with E-state index in [1.54, 1.807) is 33.0 Å². The molecule has 4 rings (SSSR count). The molecule has 1 aliphatic carbocycles. The first kappa shape index (κ1) is 31.1. The zero-order valence-corrected chi connectivity index (χ0v) is 24.8. The van der Waals surface area contributed by atoms with Crippen LogP contribution in [0.25, 0.3) is 11.3 Å². The number of ether oxygens (including phenoxy) is 1. The average molecular weight is 603 g/mol. The Morgan fingerprint density at radius 1 is 1.02 bits per heavy atom. The van der Waals surface area contributed by atoms with Crippen LogP contribution in [-0.4, -0.2) is 44.1 Å². The van der Waals surface area contributed by atoms with Gasteiger partial charge in [0.25, 0.3) is 5.91 Å². The number of pyridine rings is 2. The molecule has 4 atom stereocenters. The molecule has 8 nitrogen and oxygen atoms in total. The summed E-state index contributed by atoms with van der Waals surface area (Å²) in [5.41, 5.74) is -1.16. The number of nitrogens with zero attached hydrogens (tertiary/aromatic N) is 2. The highest BCUT2D eigenvalue weighted by molar-refractivity contribution is 7.84. The van der Waals surface area contributed by atoms with Crippen LogP contribution in [0.2, 0.25) is 0 Å². The quantitative estimate of drug-likeness (QED) is 0.340. The van der Waals surface area contributed by atoms with Gasteiger partial charge in [-0.1, -0.05) is 6.92 Å². The van der Waals surface area contributed by atoms with Gasteiger partial charge < -0.3 is 15.4 Å². The zero-order valence-electron chi connectivity index (χ0n) is 24.0. The molecule has 2 aromatic heterocycles. The fourth-order valence-electron chi connectivity index (χ4n) is 5.19.